The van der Waals surface area contributed by atoms with Crippen molar-refractivity contribution < 1.29 is 9.15 Å². The summed E-state index contributed by atoms with van der Waals surface area (Å²) in [7, 11) is 2.01. The first-order valence-corrected chi connectivity index (χ1v) is 6.86. The Morgan fingerprint density at radius 3 is 2.75 bits per heavy atom. The van der Waals surface area contributed by atoms with Crippen LogP contribution in [0.4, 0.5) is 0 Å². The van der Waals surface area contributed by atoms with Crippen LogP contribution in [0.25, 0.3) is 0 Å². The maximum atomic E-state index is 5.71. The molecule has 0 unspecified atom stereocenters. The second kappa shape index (κ2) is 7.05. The highest BCUT2D eigenvalue weighted by Gasteiger charge is 2.07. The van der Waals surface area contributed by atoms with Crippen molar-refractivity contribution in [3.63, 3.8) is 0 Å². The second-order valence-corrected chi connectivity index (χ2v) is 4.85. The van der Waals surface area contributed by atoms with E-state index in [1.165, 1.54) is 5.56 Å². The highest BCUT2D eigenvalue weighted by atomic mass is 16.5. The lowest BCUT2D eigenvalue weighted by atomic mass is 10.2. The van der Waals surface area contributed by atoms with Gasteiger partial charge in [-0.15, -0.1) is 10.2 Å². The number of nitrogens with zero attached hydrogens (tertiary/aromatic N) is 3. The fourth-order valence-corrected chi connectivity index (χ4v) is 1.83. The molecule has 5 heteroatoms. The first kappa shape index (κ1) is 14.5. The van der Waals surface area contributed by atoms with E-state index in [2.05, 4.69) is 28.1 Å². The standard InChI is InChI=1S/C15H21N3O2/c1-4-14-16-17-15(20-14)11-18(3)8-9-19-13-7-5-6-12(2)10-13/h5-7,10H,4,8-9,11H2,1-3H3. The summed E-state index contributed by atoms with van der Waals surface area (Å²) < 4.78 is 11.2. The maximum absolute atomic E-state index is 5.71. The molecule has 0 aliphatic carbocycles. The predicted molar refractivity (Wildman–Crippen MR) is 76.7 cm³/mol. The van der Waals surface area contributed by atoms with E-state index >= 15 is 0 Å². The van der Waals surface area contributed by atoms with Crippen molar-refractivity contribution in [1.82, 2.24) is 15.1 Å². The Morgan fingerprint density at radius 2 is 2.05 bits per heavy atom. The number of aryl methyl sites for hydroxylation is 2. The summed E-state index contributed by atoms with van der Waals surface area (Å²) >= 11 is 0. The first-order valence-electron chi connectivity index (χ1n) is 6.86. The molecule has 1 aromatic heterocycles. The fraction of sp³-hybridized carbons (Fsp3) is 0.467. The molecule has 0 radical (unpaired) electrons. The molecule has 0 bridgehead atoms. The monoisotopic (exact) mass is 275 g/mol. The van der Waals surface area contributed by atoms with Gasteiger partial charge in [0.05, 0.1) is 6.54 Å². The highest BCUT2D eigenvalue weighted by Crippen LogP contribution is 2.12. The third-order valence-corrected chi connectivity index (χ3v) is 2.95. The Hall–Kier alpha value is -1.88. The minimum atomic E-state index is 0.634. The summed E-state index contributed by atoms with van der Waals surface area (Å²) in [5.74, 6) is 2.24. The van der Waals surface area contributed by atoms with Crippen molar-refractivity contribution in [3.8, 4) is 5.75 Å². The van der Waals surface area contributed by atoms with Gasteiger partial charge in [-0.1, -0.05) is 19.1 Å². The second-order valence-electron chi connectivity index (χ2n) is 4.85. The molecule has 0 aliphatic heterocycles. The number of hydrogen-bond acceptors (Lipinski definition) is 5. The summed E-state index contributed by atoms with van der Waals surface area (Å²) in [6.45, 7) is 6.13. The SMILES string of the molecule is CCc1nnc(CN(C)CCOc2cccc(C)c2)o1. The largest absolute Gasteiger partial charge is 0.492 e. The number of likely N-dealkylation sites (N-methyl/N-ethyl adjacent to an activating group) is 1. The van der Waals surface area contributed by atoms with Crippen LogP contribution in [0, 0.1) is 6.92 Å². The van der Waals surface area contributed by atoms with Gasteiger partial charge in [0.15, 0.2) is 0 Å². The number of aromatic nitrogens is 2. The molecular formula is C15H21N3O2. The van der Waals surface area contributed by atoms with Gasteiger partial charge in [-0.05, 0) is 31.7 Å². The van der Waals surface area contributed by atoms with E-state index in [9.17, 15) is 0 Å². The van der Waals surface area contributed by atoms with Crippen LogP contribution in [0.15, 0.2) is 28.7 Å². The van der Waals surface area contributed by atoms with E-state index < -0.39 is 0 Å². The lowest BCUT2D eigenvalue weighted by Gasteiger charge is -2.14. The number of benzene rings is 1. The van der Waals surface area contributed by atoms with E-state index in [4.69, 9.17) is 9.15 Å². The van der Waals surface area contributed by atoms with Crippen molar-refractivity contribution in [2.75, 3.05) is 20.2 Å². The van der Waals surface area contributed by atoms with Crippen LogP contribution in [0.1, 0.15) is 24.3 Å². The van der Waals surface area contributed by atoms with E-state index in [-0.39, 0.29) is 0 Å². The number of rotatable bonds is 7. The average Bonchev–Trinajstić information content (AvgIpc) is 2.86. The molecule has 0 fully saturated rings. The van der Waals surface area contributed by atoms with Crippen LogP contribution in [0.5, 0.6) is 5.75 Å². The maximum Gasteiger partial charge on any atom is 0.230 e. The van der Waals surface area contributed by atoms with Crippen LogP contribution < -0.4 is 4.74 Å². The van der Waals surface area contributed by atoms with Gasteiger partial charge >= 0.3 is 0 Å². The number of hydrogen-bond donors (Lipinski definition) is 0. The summed E-state index contributed by atoms with van der Waals surface area (Å²) in [6, 6.07) is 8.06. The smallest absolute Gasteiger partial charge is 0.230 e. The van der Waals surface area contributed by atoms with E-state index in [1.54, 1.807) is 0 Å². The highest BCUT2D eigenvalue weighted by molar-refractivity contribution is 5.27. The molecule has 0 spiro atoms. The quantitative estimate of drug-likeness (QED) is 0.777. The van der Waals surface area contributed by atoms with Gasteiger partial charge in [0, 0.05) is 13.0 Å². The van der Waals surface area contributed by atoms with Crippen LogP contribution in [0.3, 0.4) is 0 Å². The van der Waals surface area contributed by atoms with Gasteiger partial charge in [0.25, 0.3) is 0 Å². The topological polar surface area (TPSA) is 51.4 Å². The minimum Gasteiger partial charge on any atom is -0.492 e. The Bertz CT molecular complexity index is 539. The van der Waals surface area contributed by atoms with Gasteiger partial charge in [-0.2, -0.15) is 0 Å². The molecule has 0 saturated heterocycles. The zero-order valence-electron chi connectivity index (χ0n) is 12.3. The molecule has 20 heavy (non-hydrogen) atoms. The molecule has 0 saturated carbocycles. The van der Waals surface area contributed by atoms with Crippen molar-refractivity contribution >= 4 is 0 Å². The summed E-state index contributed by atoms with van der Waals surface area (Å²) in [6.07, 6.45) is 0.771. The zero-order chi connectivity index (χ0) is 14.4. The molecule has 1 aromatic carbocycles. The molecular weight excluding hydrogens is 254 g/mol. The number of ether oxygens (including phenoxy) is 1. The zero-order valence-corrected chi connectivity index (χ0v) is 12.3. The van der Waals surface area contributed by atoms with E-state index in [0.29, 0.717) is 24.9 Å². The van der Waals surface area contributed by atoms with Crippen molar-refractivity contribution in [2.45, 2.75) is 26.8 Å². The molecule has 0 atom stereocenters. The lowest BCUT2D eigenvalue weighted by molar-refractivity contribution is 0.218. The Morgan fingerprint density at radius 1 is 1.25 bits per heavy atom. The van der Waals surface area contributed by atoms with E-state index in [0.717, 1.165) is 18.7 Å². The molecule has 1 heterocycles. The van der Waals surface area contributed by atoms with Gasteiger partial charge in [-0.25, -0.2) is 0 Å². The summed E-state index contributed by atoms with van der Waals surface area (Å²) in [5.41, 5.74) is 1.20. The van der Waals surface area contributed by atoms with Gasteiger partial charge in [-0.3, -0.25) is 4.90 Å². The van der Waals surface area contributed by atoms with Gasteiger partial charge in [0.2, 0.25) is 11.8 Å². The first-order chi connectivity index (χ1) is 9.67. The molecule has 108 valence electrons. The van der Waals surface area contributed by atoms with Crippen molar-refractivity contribution in [2.24, 2.45) is 0 Å². The lowest BCUT2D eigenvalue weighted by Crippen LogP contribution is -2.24. The third kappa shape index (κ3) is 4.35. The van der Waals surface area contributed by atoms with Crippen LogP contribution >= 0.6 is 0 Å². The minimum absolute atomic E-state index is 0.634. The van der Waals surface area contributed by atoms with Gasteiger partial charge in [0.1, 0.15) is 12.4 Å². The van der Waals surface area contributed by atoms with Crippen molar-refractivity contribution in [1.29, 1.82) is 0 Å². The molecule has 5 nitrogen and oxygen atoms in total. The Kier molecular flexibility index (Phi) is 5.12. The van der Waals surface area contributed by atoms with Crippen molar-refractivity contribution in [3.05, 3.63) is 41.6 Å². The van der Waals surface area contributed by atoms with E-state index in [1.807, 2.05) is 32.2 Å². The summed E-state index contributed by atoms with van der Waals surface area (Å²) in [5, 5.41) is 7.96. The Balaban J connectivity index is 1.73. The Labute approximate surface area is 119 Å². The summed E-state index contributed by atoms with van der Waals surface area (Å²) in [4.78, 5) is 2.10. The third-order valence-electron chi connectivity index (χ3n) is 2.95. The molecule has 2 rings (SSSR count). The van der Waals surface area contributed by atoms with Crippen LogP contribution in [-0.4, -0.2) is 35.3 Å². The molecule has 0 N–H and O–H groups in total. The molecule has 0 amide bonds. The molecule has 0 aliphatic rings. The molecule has 2 aromatic rings. The van der Waals surface area contributed by atoms with Crippen LogP contribution in [0.2, 0.25) is 0 Å². The normalized spacial score (nSPS) is 11.0. The fourth-order valence-electron chi connectivity index (χ4n) is 1.83. The average molecular weight is 275 g/mol. The van der Waals surface area contributed by atoms with Gasteiger partial charge < -0.3 is 9.15 Å². The van der Waals surface area contributed by atoms with Crippen LogP contribution in [-0.2, 0) is 13.0 Å². The predicted octanol–water partition coefficient (Wildman–Crippen LogP) is 2.45.